The summed E-state index contributed by atoms with van der Waals surface area (Å²) in [6.07, 6.45) is -0.263. The molecular weight excluding hydrogens is 212 g/mol. The van der Waals surface area contributed by atoms with Crippen molar-refractivity contribution in [1.82, 2.24) is 0 Å². The van der Waals surface area contributed by atoms with E-state index in [-0.39, 0.29) is 28.1 Å². The Morgan fingerprint density at radius 2 is 1.24 bits per heavy atom. The highest BCUT2D eigenvalue weighted by molar-refractivity contribution is 5.98. The van der Waals surface area contributed by atoms with Gasteiger partial charge in [0, 0.05) is 0 Å². The second-order valence-corrected chi connectivity index (χ2v) is 8.41. The molecule has 1 unspecified atom stereocenters. The van der Waals surface area contributed by atoms with Crippen LogP contribution in [0.3, 0.4) is 0 Å². The molecule has 0 spiro atoms. The van der Waals surface area contributed by atoms with Crippen molar-refractivity contribution in [1.29, 1.82) is 0 Å². The monoisotopic (exact) mass is 240 g/mol. The van der Waals surface area contributed by atoms with Crippen molar-refractivity contribution in [2.75, 3.05) is 0 Å². The van der Waals surface area contributed by atoms with Gasteiger partial charge in [0.15, 0.2) is 5.78 Å². The molecule has 1 aliphatic heterocycles. The lowest BCUT2D eigenvalue weighted by atomic mass is 9.54. The van der Waals surface area contributed by atoms with Crippen LogP contribution >= 0.6 is 0 Å². The van der Waals surface area contributed by atoms with Crippen LogP contribution in [0.2, 0.25) is 0 Å². The molecular formula is C15H28O2. The minimum atomic E-state index is -0.655. The molecule has 1 aliphatic rings. The summed E-state index contributed by atoms with van der Waals surface area (Å²) in [6, 6.07) is 0. The second kappa shape index (κ2) is 3.57. The summed E-state index contributed by atoms with van der Waals surface area (Å²) in [5.74, 6) is 0.269. The van der Waals surface area contributed by atoms with Gasteiger partial charge < -0.3 is 4.74 Å². The van der Waals surface area contributed by atoms with Gasteiger partial charge in [0.05, 0.1) is 0 Å². The van der Waals surface area contributed by atoms with Gasteiger partial charge in [-0.1, -0.05) is 62.3 Å². The molecule has 1 saturated heterocycles. The topological polar surface area (TPSA) is 26.3 Å². The summed E-state index contributed by atoms with van der Waals surface area (Å²) < 4.78 is 6.18. The fourth-order valence-corrected chi connectivity index (χ4v) is 3.20. The summed E-state index contributed by atoms with van der Waals surface area (Å²) in [7, 11) is 0. The molecule has 1 atom stereocenters. The number of Topliss-reactive ketones (excluding diaryl/α,β-unsaturated/α-hetero) is 1. The predicted octanol–water partition coefficient (Wildman–Crippen LogP) is 3.83. The van der Waals surface area contributed by atoms with Gasteiger partial charge in [-0.3, -0.25) is 4.79 Å². The van der Waals surface area contributed by atoms with Gasteiger partial charge in [-0.05, 0) is 16.2 Å². The third-order valence-corrected chi connectivity index (χ3v) is 3.78. The highest BCUT2D eigenvalue weighted by Crippen LogP contribution is 2.56. The summed E-state index contributed by atoms with van der Waals surface area (Å²) in [6.45, 7) is 18.7. The fourth-order valence-electron chi connectivity index (χ4n) is 3.20. The molecule has 0 N–H and O–H groups in total. The smallest absolute Gasteiger partial charge is 0.194 e. The first kappa shape index (κ1) is 14.7. The SMILES string of the molecule is CC(C)(C)C1OC(C(C)(C)C)(C(C)(C)C)C1=O. The van der Waals surface area contributed by atoms with Crippen molar-refractivity contribution in [3.63, 3.8) is 0 Å². The van der Waals surface area contributed by atoms with Crippen molar-refractivity contribution in [3.05, 3.63) is 0 Å². The summed E-state index contributed by atoms with van der Waals surface area (Å²) in [4.78, 5) is 12.7. The molecule has 0 saturated carbocycles. The molecule has 1 heterocycles. The molecule has 1 rings (SSSR count). The number of ether oxygens (including phenoxy) is 1. The lowest BCUT2D eigenvalue weighted by Gasteiger charge is -2.62. The van der Waals surface area contributed by atoms with Crippen LogP contribution in [0.15, 0.2) is 0 Å². The first-order valence-electron chi connectivity index (χ1n) is 6.47. The summed E-state index contributed by atoms with van der Waals surface area (Å²) in [5, 5.41) is 0. The molecule has 2 nitrogen and oxygen atoms in total. The third-order valence-electron chi connectivity index (χ3n) is 3.78. The van der Waals surface area contributed by atoms with Crippen LogP contribution in [-0.2, 0) is 9.53 Å². The number of ketones is 1. The van der Waals surface area contributed by atoms with E-state index in [1.54, 1.807) is 0 Å². The molecule has 0 aromatic rings. The van der Waals surface area contributed by atoms with E-state index in [9.17, 15) is 4.79 Å². The predicted molar refractivity (Wildman–Crippen MR) is 71.0 cm³/mol. The lowest BCUT2D eigenvalue weighted by molar-refractivity contribution is -0.276. The Labute approximate surface area is 106 Å². The minimum absolute atomic E-state index is 0.114. The van der Waals surface area contributed by atoms with E-state index in [1.165, 1.54) is 0 Å². The van der Waals surface area contributed by atoms with Crippen LogP contribution in [-0.4, -0.2) is 17.5 Å². The minimum Gasteiger partial charge on any atom is -0.354 e. The van der Waals surface area contributed by atoms with E-state index >= 15 is 0 Å². The molecule has 0 aliphatic carbocycles. The van der Waals surface area contributed by atoms with E-state index < -0.39 is 5.60 Å². The van der Waals surface area contributed by atoms with Crippen LogP contribution in [0.5, 0.6) is 0 Å². The molecule has 0 aromatic carbocycles. The molecule has 0 bridgehead atoms. The fraction of sp³-hybridized carbons (Fsp3) is 0.933. The maximum Gasteiger partial charge on any atom is 0.194 e. The number of hydrogen-bond donors (Lipinski definition) is 0. The lowest BCUT2D eigenvalue weighted by Crippen LogP contribution is -2.75. The Bertz CT molecular complexity index is 306. The average Bonchev–Trinajstić information content (AvgIpc) is 1.93. The zero-order valence-corrected chi connectivity index (χ0v) is 12.9. The van der Waals surface area contributed by atoms with Crippen molar-refractivity contribution in [3.8, 4) is 0 Å². The van der Waals surface area contributed by atoms with Gasteiger partial charge in [0.2, 0.25) is 0 Å². The Morgan fingerprint density at radius 3 is 1.41 bits per heavy atom. The first-order valence-corrected chi connectivity index (χ1v) is 6.47. The standard InChI is InChI=1S/C15H28O2/c1-12(2,3)11-10(16)15(17-11,13(4,5)6)14(7,8)9/h11H,1-9H3. The highest BCUT2D eigenvalue weighted by atomic mass is 16.6. The Kier molecular flexibility index (Phi) is 3.08. The van der Waals surface area contributed by atoms with Gasteiger partial charge in [-0.2, -0.15) is 0 Å². The number of hydrogen-bond acceptors (Lipinski definition) is 2. The first-order chi connectivity index (χ1) is 7.25. The van der Waals surface area contributed by atoms with Crippen LogP contribution in [0, 0.1) is 16.2 Å². The molecule has 1 fully saturated rings. The van der Waals surface area contributed by atoms with E-state index in [0.717, 1.165) is 0 Å². The largest absolute Gasteiger partial charge is 0.354 e. The molecule has 0 aromatic heterocycles. The molecule has 0 radical (unpaired) electrons. The molecule has 2 heteroatoms. The van der Waals surface area contributed by atoms with Gasteiger partial charge in [0.25, 0.3) is 0 Å². The van der Waals surface area contributed by atoms with Crippen LogP contribution in [0.4, 0.5) is 0 Å². The van der Waals surface area contributed by atoms with E-state index in [2.05, 4.69) is 62.3 Å². The van der Waals surface area contributed by atoms with Crippen molar-refractivity contribution in [2.24, 2.45) is 16.2 Å². The van der Waals surface area contributed by atoms with Gasteiger partial charge in [-0.25, -0.2) is 0 Å². The number of carbonyl (C=O) groups is 1. The number of carbonyl (C=O) groups excluding carboxylic acids is 1. The van der Waals surface area contributed by atoms with Gasteiger partial charge in [-0.15, -0.1) is 0 Å². The highest BCUT2D eigenvalue weighted by Gasteiger charge is 2.68. The van der Waals surface area contributed by atoms with E-state index in [0.29, 0.717) is 0 Å². The van der Waals surface area contributed by atoms with Crippen molar-refractivity contribution >= 4 is 5.78 Å². The van der Waals surface area contributed by atoms with E-state index in [4.69, 9.17) is 4.74 Å². The molecule has 100 valence electrons. The zero-order valence-electron chi connectivity index (χ0n) is 12.9. The zero-order chi connectivity index (χ0) is 13.9. The normalized spacial score (nSPS) is 25.7. The second-order valence-electron chi connectivity index (χ2n) is 8.41. The van der Waals surface area contributed by atoms with Gasteiger partial charge in [0.1, 0.15) is 11.7 Å². The Hall–Kier alpha value is -0.370. The van der Waals surface area contributed by atoms with Crippen molar-refractivity contribution < 1.29 is 9.53 Å². The summed E-state index contributed by atoms with van der Waals surface area (Å²) >= 11 is 0. The quantitative estimate of drug-likeness (QED) is 0.643. The Balaban J connectivity index is 3.16. The third kappa shape index (κ3) is 1.95. The van der Waals surface area contributed by atoms with Gasteiger partial charge >= 0.3 is 0 Å². The van der Waals surface area contributed by atoms with E-state index in [1.807, 2.05) is 0 Å². The van der Waals surface area contributed by atoms with Crippen LogP contribution in [0.1, 0.15) is 62.3 Å². The Morgan fingerprint density at radius 1 is 0.882 bits per heavy atom. The molecule has 17 heavy (non-hydrogen) atoms. The summed E-state index contributed by atoms with van der Waals surface area (Å²) in [5.41, 5.74) is -1.12. The van der Waals surface area contributed by atoms with Crippen molar-refractivity contribution in [2.45, 2.75) is 74.0 Å². The maximum absolute atomic E-state index is 12.7. The van der Waals surface area contributed by atoms with Crippen LogP contribution < -0.4 is 0 Å². The van der Waals surface area contributed by atoms with Crippen LogP contribution in [0.25, 0.3) is 0 Å². The average molecular weight is 240 g/mol. The maximum atomic E-state index is 12.7. The molecule has 0 amide bonds. The number of rotatable bonds is 0.